The lowest BCUT2D eigenvalue weighted by Crippen LogP contribution is -1.72. The van der Waals surface area contributed by atoms with Crippen LogP contribution in [0.15, 0.2) is 35.3 Å². The van der Waals surface area contributed by atoms with Crippen molar-refractivity contribution in [2.45, 2.75) is 6.92 Å². The van der Waals surface area contributed by atoms with Crippen molar-refractivity contribution in [2.75, 3.05) is 0 Å². The molecule has 0 N–H and O–H groups in total. The van der Waals surface area contributed by atoms with E-state index in [9.17, 15) is 4.79 Å². The van der Waals surface area contributed by atoms with Crippen LogP contribution < -0.4 is 0 Å². The van der Waals surface area contributed by atoms with Crippen molar-refractivity contribution in [1.82, 2.24) is 0 Å². The van der Waals surface area contributed by atoms with Crippen molar-refractivity contribution in [1.29, 1.82) is 0 Å². The topological polar surface area (TPSA) is 29.4 Å². The third-order valence-electron chi connectivity index (χ3n) is 1.45. The molecule has 0 aliphatic rings. The molecular formula is C10H9NO. The van der Waals surface area contributed by atoms with Crippen molar-refractivity contribution in [2.24, 2.45) is 4.99 Å². The third-order valence-corrected chi connectivity index (χ3v) is 1.45. The number of carbonyl (C=O) groups excluding carboxylic acids is 1. The molecule has 1 aromatic carbocycles. The molecule has 2 heteroatoms. The smallest absolute Gasteiger partial charge is 0.211 e. The van der Waals surface area contributed by atoms with Gasteiger partial charge in [-0.05, 0) is 13.0 Å². The van der Waals surface area contributed by atoms with E-state index in [0.717, 1.165) is 5.56 Å². The minimum absolute atomic E-state index is 0.658. The molecule has 0 atom stereocenters. The second-order valence-corrected chi connectivity index (χ2v) is 2.26. The standard InChI is InChI=1S/C10H9NO/c1-2-5-9-6-3-4-7-10(9)11-8-12/h2-7H,1H3/b5-2+. The third kappa shape index (κ3) is 1.91. The molecule has 1 aromatic rings. The molecule has 0 bridgehead atoms. The van der Waals surface area contributed by atoms with Crippen molar-refractivity contribution >= 4 is 17.8 Å². The van der Waals surface area contributed by atoms with Crippen LogP contribution in [0.5, 0.6) is 0 Å². The molecule has 0 aliphatic heterocycles. The van der Waals surface area contributed by atoms with Gasteiger partial charge in [0.1, 0.15) is 0 Å². The SMILES string of the molecule is C/C=C/c1ccccc1N=C=O. The predicted octanol–water partition coefficient (Wildman–Crippen LogP) is 2.69. The highest BCUT2D eigenvalue weighted by Crippen LogP contribution is 2.18. The first kappa shape index (κ1) is 8.44. The number of hydrogen-bond acceptors (Lipinski definition) is 2. The van der Waals surface area contributed by atoms with Gasteiger partial charge in [0.25, 0.3) is 0 Å². The van der Waals surface area contributed by atoms with E-state index >= 15 is 0 Å². The van der Waals surface area contributed by atoms with Crippen LogP contribution in [0, 0.1) is 0 Å². The van der Waals surface area contributed by atoms with Gasteiger partial charge in [0, 0.05) is 5.56 Å². The Labute approximate surface area is 71.3 Å². The lowest BCUT2D eigenvalue weighted by atomic mass is 10.2. The van der Waals surface area contributed by atoms with E-state index in [1.165, 1.54) is 6.08 Å². The molecule has 0 unspecified atom stereocenters. The Morgan fingerprint density at radius 3 is 2.83 bits per heavy atom. The fourth-order valence-corrected chi connectivity index (χ4v) is 0.959. The maximum absolute atomic E-state index is 10.0. The van der Waals surface area contributed by atoms with Crippen LogP contribution in [0.2, 0.25) is 0 Å². The summed E-state index contributed by atoms with van der Waals surface area (Å²) in [6.45, 7) is 1.92. The molecule has 0 amide bonds. The van der Waals surface area contributed by atoms with Gasteiger partial charge < -0.3 is 0 Å². The first-order chi connectivity index (χ1) is 5.88. The van der Waals surface area contributed by atoms with Gasteiger partial charge >= 0.3 is 0 Å². The fraction of sp³-hybridized carbons (Fsp3) is 0.100. The number of hydrogen-bond donors (Lipinski definition) is 0. The number of nitrogens with zero attached hydrogens (tertiary/aromatic N) is 1. The molecule has 0 radical (unpaired) electrons. The Morgan fingerprint density at radius 1 is 1.42 bits per heavy atom. The maximum atomic E-state index is 10.0. The second-order valence-electron chi connectivity index (χ2n) is 2.26. The summed E-state index contributed by atoms with van der Waals surface area (Å²) in [7, 11) is 0. The Morgan fingerprint density at radius 2 is 2.17 bits per heavy atom. The van der Waals surface area contributed by atoms with Gasteiger partial charge in [-0.15, -0.1) is 0 Å². The minimum atomic E-state index is 0.658. The van der Waals surface area contributed by atoms with Crippen LogP contribution in [0.1, 0.15) is 12.5 Å². The summed E-state index contributed by atoms with van der Waals surface area (Å²) in [5, 5.41) is 0. The Kier molecular flexibility index (Phi) is 3.00. The minimum Gasteiger partial charge on any atom is -0.211 e. The largest absolute Gasteiger partial charge is 0.240 e. The van der Waals surface area contributed by atoms with Crippen LogP contribution >= 0.6 is 0 Å². The number of benzene rings is 1. The Balaban J connectivity index is 3.16. The molecule has 0 spiro atoms. The molecule has 0 aromatic heterocycles. The zero-order chi connectivity index (χ0) is 8.81. The average molecular weight is 159 g/mol. The number of para-hydroxylation sites is 1. The van der Waals surface area contributed by atoms with Crippen molar-refractivity contribution < 1.29 is 4.79 Å². The predicted molar refractivity (Wildman–Crippen MR) is 48.9 cm³/mol. The molecular weight excluding hydrogens is 150 g/mol. The molecule has 12 heavy (non-hydrogen) atoms. The summed E-state index contributed by atoms with van der Waals surface area (Å²) < 4.78 is 0. The van der Waals surface area contributed by atoms with E-state index in [0.29, 0.717) is 5.69 Å². The zero-order valence-electron chi connectivity index (χ0n) is 6.82. The van der Waals surface area contributed by atoms with E-state index in [2.05, 4.69) is 4.99 Å². The van der Waals surface area contributed by atoms with Gasteiger partial charge in [0.2, 0.25) is 6.08 Å². The van der Waals surface area contributed by atoms with E-state index in [1.54, 1.807) is 6.07 Å². The van der Waals surface area contributed by atoms with Gasteiger partial charge in [-0.1, -0.05) is 30.4 Å². The number of aliphatic imine (C=N–C) groups is 1. The summed E-state index contributed by atoms with van der Waals surface area (Å²) in [5.74, 6) is 0. The van der Waals surface area contributed by atoms with E-state index in [4.69, 9.17) is 0 Å². The summed E-state index contributed by atoms with van der Waals surface area (Å²) in [6, 6.07) is 7.42. The second kappa shape index (κ2) is 4.27. The highest BCUT2D eigenvalue weighted by molar-refractivity contribution is 5.66. The monoisotopic (exact) mass is 159 g/mol. The molecule has 0 fully saturated rings. The Bertz CT molecular complexity index is 335. The van der Waals surface area contributed by atoms with Gasteiger partial charge in [0.15, 0.2) is 0 Å². The molecule has 60 valence electrons. The first-order valence-electron chi connectivity index (χ1n) is 3.68. The van der Waals surface area contributed by atoms with Gasteiger partial charge in [-0.2, -0.15) is 4.99 Å². The van der Waals surface area contributed by atoms with Crippen molar-refractivity contribution in [3.05, 3.63) is 35.9 Å². The summed E-state index contributed by atoms with van der Waals surface area (Å²) in [4.78, 5) is 13.6. The first-order valence-corrected chi connectivity index (χ1v) is 3.68. The van der Waals surface area contributed by atoms with Gasteiger partial charge in [-0.25, -0.2) is 4.79 Å². The highest BCUT2D eigenvalue weighted by atomic mass is 16.1. The normalized spacial score (nSPS) is 9.75. The van der Waals surface area contributed by atoms with Gasteiger partial charge in [-0.3, -0.25) is 0 Å². The molecule has 1 rings (SSSR count). The van der Waals surface area contributed by atoms with Crippen LogP contribution in [0.3, 0.4) is 0 Å². The molecule has 0 saturated heterocycles. The zero-order valence-corrected chi connectivity index (χ0v) is 6.82. The number of isocyanates is 1. The van der Waals surface area contributed by atoms with Crippen LogP contribution in [-0.4, -0.2) is 6.08 Å². The van der Waals surface area contributed by atoms with E-state index in [1.807, 2.05) is 37.3 Å². The quantitative estimate of drug-likeness (QED) is 0.482. The number of allylic oxidation sites excluding steroid dienone is 1. The maximum Gasteiger partial charge on any atom is 0.240 e. The van der Waals surface area contributed by atoms with Crippen molar-refractivity contribution in [3.8, 4) is 0 Å². The Hall–Kier alpha value is -1.66. The molecule has 0 heterocycles. The highest BCUT2D eigenvalue weighted by Gasteiger charge is 1.93. The molecule has 2 nitrogen and oxygen atoms in total. The number of rotatable bonds is 2. The summed E-state index contributed by atoms with van der Waals surface area (Å²) in [6.07, 6.45) is 5.32. The lowest BCUT2D eigenvalue weighted by Gasteiger charge is -1.95. The van der Waals surface area contributed by atoms with Crippen LogP contribution in [0.25, 0.3) is 6.08 Å². The molecule has 0 aliphatic carbocycles. The van der Waals surface area contributed by atoms with Crippen LogP contribution in [-0.2, 0) is 4.79 Å². The van der Waals surface area contributed by atoms with E-state index in [-0.39, 0.29) is 0 Å². The average Bonchev–Trinajstić information content (AvgIpc) is 2.09. The lowest BCUT2D eigenvalue weighted by molar-refractivity contribution is 0.565. The summed E-state index contributed by atoms with van der Waals surface area (Å²) in [5.41, 5.74) is 1.59. The van der Waals surface area contributed by atoms with Crippen molar-refractivity contribution in [3.63, 3.8) is 0 Å². The molecule has 0 saturated carbocycles. The van der Waals surface area contributed by atoms with E-state index < -0.39 is 0 Å². The summed E-state index contributed by atoms with van der Waals surface area (Å²) >= 11 is 0. The van der Waals surface area contributed by atoms with Crippen LogP contribution in [0.4, 0.5) is 5.69 Å². The van der Waals surface area contributed by atoms with Gasteiger partial charge in [0.05, 0.1) is 5.69 Å². The fourth-order valence-electron chi connectivity index (χ4n) is 0.959.